The average Bonchev–Trinajstić information content (AvgIpc) is 3.40. The first-order chi connectivity index (χ1) is 11.9. The molecule has 0 heterocycles. The molecule has 0 bridgehead atoms. The van der Waals surface area contributed by atoms with Crippen LogP contribution >= 0.6 is 11.6 Å². The smallest absolute Gasteiger partial charge is 0.337 e. The minimum Gasteiger partial charge on any atom is -0.487 e. The molecule has 5 nitrogen and oxygen atoms in total. The highest BCUT2D eigenvalue weighted by Gasteiger charge is 2.30. The Bertz CT molecular complexity index is 836. The lowest BCUT2D eigenvalue weighted by atomic mass is 10.1. The van der Waals surface area contributed by atoms with Crippen LogP contribution in [0.15, 0.2) is 36.4 Å². The van der Waals surface area contributed by atoms with Crippen molar-refractivity contribution in [2.24, 2.45) is 5.92 Å². The molecule has 2 aromatic rings. The number of hydrogen-bond donors (Lipinski definition) is 2. The number of rotatable bonds is 6. The largest absolute Gasteiger partial charge is 0.487 e. The fourth-order valence-corrected chi connectivity index (χ4v) is 2.52. The average molecular weight is 364 g/mol. The molecule has 1 aliphatic rings. The van der Waals surface area contributed by atoms with E-state index in [0.29, 0.717) is 11.3 Å². The van der Waals surface area contributed by atoms with E-state index in [0.717, 1.165) is 18.9 Å². The van der Waals surface area contributed by atoms with Gasteiger partial charge in [0.1, 0.15) is 18.2 Å². The Labute approximate surface area is 148 Å². The third kappa shape index (κ3) is 4.28. The molecule has 0 aliphatic heterocycles. The molecule has 0 unspecified atom stereocenters. The predicted molar refractivity (Wildman–Crippen MR) is 90.5 cm³/mol. The van der Waals surface area contributed by atoms with Gasteiger partial charge >= 0.3 is 5.97 Å². The molecule has 2 N–H and O–H groups in total. The number of hydrogen-bond acceptors (Lipinski definition) is 3. The molecule has 1 fully saturated rings. The molecule has 1 saturated carbocycles. The summed E-state index contributed by atoms with van der Waals surface area (Å²) in [5.41, 5.74) is 0.829. The summed E-state index contributed by atoms with van der Waals surface area (Å²) in [5, 5.41) is 12.1. The SMILES string of the molecule is O=C(O)c1cc(COc2ccc(F)cc2Cl)ccc1NC(=O)C1CC1. The highest BCUT2D eigenvalue weighted by atomic mass is 35.5. The fourth-order valence-electron chi connectivity index (χ4n) is 2.30. The van der Waals surface area contributed by atoms with E-state index >= 15 is 0 Å². The van der Waals surface area contributed by atoms with Gasteiger partial charge in [0, 0.05) is 5.92 Å². The quantitative estimate of drug-likeness (QED) is 0.810. The lowest BCUT2D eigenvalue weighted by molar-refractivity contribution is -0.117. The van der Waals surface area contributed by atoms with Gasteiger partial charge in [0.2, 0.25) is 5.91 Å². The van der Waals surface area contributed by atoms with Crippen LogP contribution < -0.4 is 10.1 Å². The molecule has 25 heavy (non-hydrogen) atoms. The van der Waals surface area contributed by atoms with Crippen LogP contribution in [0.25, 0.3) is 0 Å². The molecule has 0 spiro atoms. The van der Waals surface area contributed by atoms with Gasteiger partial charge in [0.15, 0.2) is 0 Å². The summed E-state index contributed by atoms with van der Waals surface area (Å²) in [6.45, 7) is 0.0580. The van der Waals surface area contributed by atoms with Crippen LogP contribution in [0.1, 0.15) is 28.8 Å². The Morgan fingerprint density at radius 1 is 1.24 bits per heavy atom. The highest BCUT2D eigenvalue weighted by Crippen LogP contribution is 2.31. The number of carbonyl (C=O) groups excluding carboxylic acids is 1. The molecule has 1 amide bonds. The van der Waals surface area contributed by atoms with Crippen LogP contribution in [-0.2, 0) is 11.4 Å². The number of carbonyl (C=O) groups is 2. The van der Waals surface area contributed by atoms with Gasteiger partial charge in [-0.15, -0.1) is 0 Å². The Balaban J connectivity index is 1.74. The first-order valence-electron chi connectivity index (χ1n) is 7.69. The van der Waals surface area contributed by atoms with Crippen LogP contribution in [0.3, 0.4) is 0 Å². The summed E-state index contributed by atoms with van der Waals surface area (Å²) >= 11 is 5.89. The van der Waals surface area contributed by atoms with Crippen molar-refractivity contribution >= 4 is 29.2 Å². The van der Waals surface area contributed by atoms with E-state index < -0.39 is 11.8 Å². The van der Waals surface area contributed by atoms with Crippen LogP contribution in [-0.4, -0.2) is 17.0 Å². The Hall–Kier alpha value is -2.60. The van der Waals surface area contributed by atoms with Crippen molar-refractivity contribution in [1.82, 2.24) is 0 Å². The van der Waals surface area contributed by atoms with E-state index in [1.807, 2.05) is 0 Å². The fraction of sp³-hybridized carbons (Fsp3) is 0.222. The molecule has 130 valence electrons. The Morgan fingerprint density at radius 3 is 2.64 bits per heavy atom. The first kappa shape index (κ1) is 17.2. The Kier molecular flexibility index (Phi) is 4.90. The number of nitrogens with one attached hydrogen (secondary N) is 1. The van der Waals surface area contributed by atoms with Gasteiger partial charge < -0.3 is 15.2 Å². The van der Waals surface area contributed by atoms with Gasteiger partial charge in [-0.05, 0) is 48.7 Å². The lowest BCUT2D eigenvalue weighted by Gasteiger charge is -2.12. The summed E-state index contributed by atoms with van der Waals surface area (Å²) in [7, 11) is 0. The number of carboxylic acid groups (broad SMARTS) is 1. The van der Waals surface area contributed by atoms with Gasteiger partial charge in [0.05, 0.1) is 16.3 Å². The molecular formula is C18H15ClFNO4. The summed E-state index contributed by atoms with van der Waals surface area (Å²) in [4.78, 5) is 23.3. The molecule has 1 aliphatic carbocycles. The van der Waals surface area contributed by atoms with Gasteiger partial charge in [-0.1, -0.05) is 17.7 Å². The van der Waals surface area contributed by atoms with Crippen LogP contribution in [0.2, 0.25) is 5.02 Å². The number of carboxylic acids is 1. The van der Waals surface area contributed by atoms with E-state index in [9.17, 15) is 19.1 Å². The zero-order valence-electron chi connectivity index (χ0n) is 13.1. The van der Waals surface area contributed by atoms with Gasteiger partial charge in [-0.2, -0.15) is 0 Å². The molecule has 0 radical (unpaired) electrons. The third-order valence-corrected chi connectivity index (χ3v) is 4.10. The van der Waals surface area contributed by atoms with Crippen LogP contribution in [0, 0.1) is 11.7 Å². The monoisotopic (exact) mass is 363 g/mol. The van der Waals surface area contributed by atoms with E-state index in [1.54, 1.807) is 6.07 Å². The van der Waals surface area contributed by atoms with Crippen molar-refractivity contribution in [3.05, 3.63) is 58.4 Å². The molecule has 2 aromatic carbocycles. The number of halogens is 2. The zero-order chi connectivity index (χ0) is 18.0. The standard InChI is InChI=1S/C18H15ClFNO4/c19-14-8-12(20)4-6-16(14)25-9-10-1-5-15(13(7-10)18(23)24)21-17(22)11-2-3-11/h1,4-8,11H,2-3,9H2,(H,21,22)(H,23,24). The minimum atomic E-state index is -1.15. The molecule has 0 aromatic heterocycles. The third-order valence-electron chi connectivity index (χ3n) is 3.81. The zero-order valence-corrected chi connectivity index (χ0v) is 13.8. The van der Waals surface area contributed by atoms with Crippen molar-refractivity contribution < 1.29 is 23.8 Å². The molecule has 3 rings (SSSR count). The van der Waals surface area contributed by atoms with Gasteiger partial charge in [-0.25, -0.2) is 9.18 Å². The van der Waals surface area contributed by atoms with E-state index in [1.165, 1.54) is 24.3 Å². The van der Waals surface area contributed by atoms with Crippen LogP contribution in [0.4, 0.5) is 10.1 Å². The summed E-state index contributed by atoms with van der Waals surface area (Å²) < 4.78 is 18.5. The van der Waals surface area contributed by atoms with Gasteiger partial charge in [-0.3, -0.25) is 4.79 Å². The second-order valence-electron chi connectivity index (χ2n) is 5.81. The second-order valence-corrected chi connectivity index (χ2v) is 6.22. The highest BCUT2D eigenvalue weighted by molar-refractivity contribution is 6.32. The van der Waals surface area contributed by atoms with E-state index in [2.05, 4.69) is 5.32 Å². The summed E-state index contributed by atoms with van der Waals surface area (Å²) in [5.74, 6) is -1.50. The summed E-state index contributed by atoms with van der Waals surface area (Å²) in [6, 6.07) is 8.39. The van der Waals surface area contributed by atoms with Gasteiger partial charge in [0.25, 0.3) is 0 Å². The number of anilines is 1. The van der Waals surface area contributed by atoms with Crippen molar-refractivity contribution in [3.63, 3.8) is 0 Å². The van der Waals surface area contributed by atoms with Crippen molar-refractivity contribution in [2.45, 2.75) is 19.4 Å². The van der Waals surface area contributed by atoms with Crippen molar-refractivity contribution in [2.75, 3.05) is 5.32 Å². The minimum absolute atomic E-state index is 0.0136. The normalized spacial score (nSPS) is 13.4. The van der Waals surface area contributed by atoms with Crippen LogP contribution in [0.5, 0.6) is 5.75 Å². The van der Waals surface area contributed by atoms with E-state index in [-0.39, 0.29) is 34.7 Å². The molecular weight excluding hydrogens is 349 g/mol. The maximum Gasteiger partial charge on any atom is 0.337 e. The Morgan fingerprint density at radius 2 is 2.00 bits per heavy atom. The molecule has 0 saturated heterocycles. The maximum atomic E-state index is 13.0. The van der Waals surface area contributed by atoms with E-state index in [4.69, 9.17) is 16.3 Å². The molecule has 0 atom stereocenters. The number of amides is 1. The van der Waals surface area contributed by atoms with Crippen molar-refractivity contribution in [1.29, 1.82) is 0 Å². The molecule has 7 heteroatoms. The lowest BCUT2D eigenvalue weighted by Crippen LogP contribution is -2.16. The second kappa shape index (κ2) is 7.11. The summed E-state index contributed by atoms with van der Waals surface area (Å²) in [6.07, 6.45) is 1.66. The topological polar surface area (TPSA) is 75.6 Å². The number of ether oxygens (including phenoxy) is 1. The number of benzene rings is 2. The predicted octanol–water partition coefficient (Wildman–Crippen LogP) is 4.10. The van der Waals surface area contributed by atoms with Crippen molar-refractivity contribution in [3.8, 4) is 5.75 Å². The first-order valence-corrected chi connectivity index (χ1v) is 8.07. The maximum absolute atomic E-state index is 13.0. The number of aromatic carboxylic acids is 1.